The molecule has 96 valence electrons. The van der Waals surface area contributed by atoms with E-state index in [4.69, 9.17) is 0 Å². The van der Waals surface area contributed by atoms with Crippen LogP contribution < -0.4 is 5.32 Å². The molecule has 17 heavy (non-hydrogen) atoms. The Kier molecular flexibility index (Phi) is 4.06. The molecule has 0 amide bonds. The number of hydrogen-bond acceptors (Lipinski definition) is 5. The molecular formula is C11H22N6. The van der Waals surface area contributed by atoms with Gasteiger partial charge in [-0.1, -0.05) is 13.8 Å². The Morgan fingerprint density at radius 3 is 2.76 bits per heavy atom. The molecule has 1 saturated heterocycles. The van der Waals surface area contributed by atoms with Crippen LogP contribution in [0.2, 0.25) is 0 Å². The highest BCUT2D eigenvalue weighted by atomic mass is 15.6. The van der Waals surface area contributed by atoms with E-state index in [9.17, 15) is 0 Å². The van der Waals surface area contributed by atoms with Gasteiger partial charge >= 0.3 is 0 Å². The molecule has 1 fully saturated rings. The van der Waals surface area contributed by atoms with Crippen molar-refractivity contribution >= 4 is 0 Å². The summed E-state index contributed by atoms with van der Waals surface area (Å²) >= 11 is 0. The van der Waals surface area contributed by atoms with Gasteiger partial charge in [-0.25, -0.2) is 0 Å². The Balaban J connectivity index is 2.00. The van der Waals surface area contributed by atoms with Crippen LogP contribution in [0.15, 0.2) is 0 Å². The second-order valence-corrected chi connectivity index (χ2v) is 4.70. The Bertz CT molecular complexity index is 349. The minimum atomic E-state index is 0.585. The lowest BCUT2D eigenvalue weighted by molar-refractivity contribution is 0.114. The molecule has 6 heteroatoms. The van der Waals surface area contributed by atoms with Crippen LogP contribution >= 0.6 is 0 Å². The minimum absolute atomic E-state index is 0.585. The highest BCUT2D eigenvalue weighted by Gasteiger charge is 2.26. The lowest BCUT2D eigenvalue weighted by Gasteiger charge is -2.39. The summed E-state index contributed by atoms with van der Waals surface area (Å²) in [6.07, 6.45) is 2.32. The summed E-state index contributed by atoms with van der Waals surface area (Å²) in [6.45, 7) is 7.41. The van der Waals surface area contributed by atoms with E-state index in [1.54, 1.807) is 7.05 Å². The van der Waals surface area contributed by atoms with Crippen molar-refractivity contribution in [1.82, 2.24) is 30.4 Å². The Morgan fingerprint density at radius 1 is 1.35 bits per heavy atom. The molecule has 2 rings (SSSR count). The summed E-state index contributed by atoms with van der Waals surface area (Å²) < 4.78 is 0. The lowest BCUT2D eigenvalue weighted by Crippen LogP contribution is -2.55. The minimum Gasteiger partial charge on any atom is -0.311 e. The summed E-state index contributed by atoms with van der Waals surface area (Å²) in [5, 5.41) is 15.8. The van der Waals surface area contributed by atoms with Crippen LogP contribution in [0.4, 0.5) is 0 Å². The van der Waals surface area contributed by atoms with E-state index in [1.807, 2.05) is 0 Å². The molecular weight excluding hydrogens is 216 g/mol. The van der Waals surface area contributed by atoms with Crippen LogP contribution in [0.3, 0.4) is 0 Å². The first kappa shape index (κ1) is 12.4. The first-order chi connectivity index (χ1) is 8.22. The highest BCUT2D eigenvalue weighted by Crippen LogP contribution is 2.14. The van der Waals surface area contributed by atoms with Gasteiger partial charge in [0.2, 0.25) is 0 Å². The molecule has 0 radical (unpaired) electrons. The molecule has 1 aromatic rings. The third-order valence-corrected chi connectivity index (χ3v) is 3.47. The molecule has 1 aromatic heterocycles. The van der Waals surface area contributed by atoms with Gasteiger partial charge < -0.3 is 5.32 Å². The molecule has 1 aliphatic rings. The first-order valence-electron chi connectivity index (χ1n) is 6.43. The summed E-state index contributed by atoms with van der Waals surface area (Å²) in [7, 11) is 1.81. The maximum Gasteiger partial charge on any atom is 0.188 e. The monoisotopic (exact) mass is 238 g/mol. The zero-order valence-corrected chi connectivity index (χ0v) is 10.9. The molecule has 2 atom stereocenters. The Morgan fingerprint density at radius 2 is 2.18 bits per heavy atom. The van der Waals surface area contributed by atoms with Crippen LogP contribution in [0.5, 0.6) is 0 Å². The molecule has 0 bridgehead atoms. The van der Waals surface area contributed by atoms with Crippen molar-refractivity contribution in [3.63, 3.8) is 0 Å². The average molecular weight is 238 g/mol. The highest BCUT2D eigenvalue weighted by molar-refractivity contribution is 4.88. The second kappa shape index (κ2) is 5.55. The SMILES string of the molecule is CCC1CN(Cc2nnn(C)n2)C(CC)CN1. The van der Waals surface area contributed by atoms with Gasteiger partial charge in [0.05, 0.1) is 13.6 Å². The predicted molar refractivity (Wildman–Crippen MR) is 65.4 cm³/mol. The number of aromatic nitrogens is 4. The van der Waals surface area contributed by atoms with Crippen LogP contribution in [-0.2, 0) is 13.6 Å². The summed E-state index contributed by atoms with van der Waals surface area (Å²) in [5.74, 6) is 0.822. The van der Waals surface area contributed by atoms with Gasteiger partial charge in [0.15, 0.2) is 5.82 Å². The van der Waals surface area contributed by atoms with Crippen molar-refractivity contribution < 1.29 is 0 Å². The van der Waals surface area contributed by atoms with Gasteiger partial charge in [0.25, 0.3) is 0 Å². The van der Waals surface area contributed by atoms with Crippen LogP contribution in [0.1, 0.15) is 32.5 Å². The number of piperazine rings is 1. The number of rotatable bonds is 4. The van der Waals surface area contributed by atoms with Crippen molar-refractivity contribution in [3.05, 3.63) is 5.82 Å². The van der Waals surface area contributed by atoms with E-state index >= 15 is 0 Å². The fourth-order valence-electron chi connectivity index (χ4n) is 2.37. The molecule has 2 unspecified atom stereocenters. The predicted octanol–water partition coefficient (Wildman–Crippen LogP) is 0.173. The Hall–Kier alpha value is -1.01. The quantitative estimate of drug-likeness (QED) is 0.810. The molecule has 1 N–H and O–H groups in total. The van der Waals surface area contributed by atoms with Crippen molar-refractivity contribution in [2.24, 2.45) is 7.05 Å². The smallest absolute Gasteiger partial charge is 0.188 e. The van der Waals surface area contributed by atoms with Gasteiger partial charge in [0, 0.05) is 25.2 Å². The first-order valence-corrected chi connectivity index (χ1v) is 6.43. The van der Waals surface area contributed by atoms with E-state index in [2.05, 4.69) is 39.5 Å². The van der Waals surface area contributed by atoms with Crippen molar-refractivity contribution in [2.75, 3.05) is 13.1 Å². The fourth-order valence-corrected chi connectivity index (χ4v) is 2.37. The maximum atomic E-state index is 4.26. The molecule has 6 nitrogen and oxygen atoms in total. The summed E-state index contributed by atoms with van der Waals surface area (Å²) in [5.41, 5.74) is 0. The van der Waals surface area contributed by atoms with Crippen molar-refractivity contribution in [1.29, 1.82) is 0 Å². The zero-order valence-electron chi connectivity index (χ0n) is 10.9. The molecule has 0 saturated carbocycles. The van der Waals surface area contributed by atoms with Crippen LogP contribution in [-0.4, -0.2) is 50.3 Å². The normalized spacial score (nSPS) is 26.3. The lowest BCUT2D eigenvalue weighted by atomic mass is 10.1. The van der Waals surface area contributed by atoms with Crippen LogP contribution in [0.25, 0.3) is 0 Å². The van der Waals surface area contributed by atoms with E-state index in [1.165, 1.54) is 11.2 Å². The van der Waals surface area contributed by atoms with Crippen LogP contribution in [0, 0.1) is 0 Å². The number of hydrogen-bond donors (Lipinski definition) is 1. The fraction of sp³-hybridized carbons (Fsp3) is 0.909. The topological polar surface area (TPSA) is 58.9 Å². The van der Waals surface area contributed by atoms with Crippen molar-refractivity contribution in [2.45, 2.75) is 45.3 Å². The molecule has 0 aromatic carbocycles. The van der Waals surface area contributed by atoms with E-state index in [0.717, 1.165) is 31.9 Å². The number of nitrogens with zero attached hydrogens (tertiary/aromatic N) is 5. The van der Waals surface area contributed by atoms with Crippen molar-refractivity contribution in [3.8, 4) is 0 Å². The van der Waals surface area contributed by atoms with E-state index < -0.39 is 0 Å². The molecule has 0 aliphatic carbocycles. The third kappa shape index (κ3) is 3.01. The summed E-state index contributed by atoms with van der Waals surface area (Å²) in [6, 6.07) is 1.18. The van der Waals surface area contributed by atoms with Gasteiger partial charge in [-0.3, -0.25) is 4.90 Å². The zero-order chi connectivity index (χ0) is 12.3. The largest absolute Gasteiger partial charge is 0.311 e. The summed E-state index contributed by atoms with van der Waals surface area (Å²) in [4.78, 5) is 4.00. The Labute approximate surface area is 102 Å². The van der Waals surface area contributed by atoms with E-state index in [-0.39, 0.29) is 0 Å². The maximum absolute atomic E-state index is 4.26. The van der Waals surface area contributed by atoms with Gasteiger partial charge in [-0.15, -0.1) is 10.2 Å². The van der Waals surface area contributed by atoms with Gasteiger partial charge in [-0.2, -0.15) is 4.80 Å². The molecule has 0 spiro atoms. The average Bonchev–Trinajstić information content (AvgIpc) is 2.74. The third-order valence-electron chi connectivity index (χ3n) is 3.47. The number of nitrogens with one attached hydrogen (secondary N) is 1. The molecule has 2 heterocycles. The molecule has 1 aliphatic heterocycles. The van der Waals surface area contributed by atoms with Gasteiger partial charge in [-0.05, 0) is 18.1 Å². The second-order valence-electron chi connectivity index (χ2n) is 4.70. The standard InChI is InChI=1S/C11H22N6/c1-4-9-7-17(10(5-2)6-12-9)8-11-13-15-16(3)14-11/h9-10,12H,4-8H2,1-3H3. The van der Waals surface area contributed by atoms with E-state index in [0.29, 0.717) is 12.1 Å². The number of aryl methyl sites for hydroxylation is 1. The van der Waals surface area contributed by atoms with Gasteiger partial charge in [0.1, 0.15) is 0 Å². The number of tetrazole rings is 1.